The molecule has 1 atom stereocenters. The van der Waals surface area contributed by atoms with Crippen molar-refractivity contribution in [2.45, 2.75) is 39.8 Å². The molecule has 0 saturated heterocycles. The minimum atomic E-state index is -3.79. The van der Waals surface area contributed by atoms with Gasteiger partial charge in [0.25, 0.3) is 0 Å². The Balaban J connectivity index is 2.38. The molecule has 0 aromatic heterocycles. The van der Waals surface area contributed by atoms with Gasteiger partial charge in [0.15, 0.2) is 0 Å². The van der Waals surface area contributed by atoms with Gasteiger partial charge < -0.3 is 10.2 Å². The lowest BCUT2D eigenvalue weighted by Crippen LogP contribution is -2.51. The van der Waals surface area contributed by atoms with Crippen molar-refractivity contribution < 1.29 is 22.4 Å². The molecule has 1 N–H and O–H groups in total. The largest absolute Gasteiger partial charge is 0.354 e. The lowest BCUT2D eigenvalue weighted by Gasteiger charge is -2.31. The Kier molecular flexibility index (Phi) is 8.77. The van der Waals surface area contributed by atoms with Gasteiger partial charge in [-0.1, -0.05) is 37.3 Å². The van der Waals surface area contributed by atoms with Crippen LogP contribution in [0.5, 0.6) is 0 Å². The number of benzene rings is 2. The monoisotopic (exact) mass is 463 g/mol. The van der Waals surface area contributed by atoms with Crippen LogP contribution in [-0.4, -0.2) is 50.5 Å². The molecule has 0 unspecified atom stereocenters. The van der Waals surface area contributed by atoms with Crippen molar-refractivity contribution in [2.75, 3.05) is 23.7 Å². The molecule has 0 aliphatic heterocycles. The highest BCUT2D eigenvalue weighted by Crippen LogP contribution is 2.20. The van der Waals surface area contributed by atoms with E-state index in [0.717, 1.165) is 22.5 Å². The molecule has 32 heavy (non-hydrogen) atoms. The maximum absolute atomic E-state index is 14.3. The van der Waals surface area contributed by atoms with Crippen LogP contribution in [0.2, 0.25) is 0 Å². The molecule has 0 heterocycles. The van der Waals surface area contributed by atoms with Crippen molar-refractivity contribution in [2.24, 2.45) is 0 Å². The summed E-state index contributed by atoms with van der Waals surface area (Å²) >= 11 is 0. The summed E-state index contributed by atoms with van der Waals surface area (Å²) in [6.07, 6.45) is 1.73. The highest BCUT2D eigenvalue weighted by molar-refractivity contribution is 7.92. The highest BCUT2D eigenvalue weighted by Gasteiger charge is 2.30. The first-order valence-electron chi connectivity index (χ1n) is 10.4. The third-order valence-corrected chi connectivity index (χ3v) is 6.12. The maximum Gasteiger partial charge on any atom is 0.244 e. The fraction of sp³-hybridized carbons (Fsp3) is 0.391. The first-order valence-corrected chi connectivity index (χ1v) is 12.2. The van der Waals surface area contributed by atoms with Gasteiger partial charge in [-0.05, 0) is 44.0 Å². The van der Waals surface area contributed by atoms with Crippen LogP contribution in [0.25, 0.3) is 0 Å². The molecular weight excluding hydrogens is 433 g/mol. The normalized spacial score (nSPS) is 12.2. The van der Waals surface area contributed by atoms with Gasteiger partial charge >= 0.3 is 0 Å². The van der Waals surface area contributed by atoms with Crippen LogP contribution >= 0.6 is 0 Å². The second kappa shape index (κ2) is 11.1. The minimum Gasteiger partial charge on any atom is -0.354 e. The molecule has 174 valence electrons. The van der Waals surface area contributed by atoms with Gasteiger partial charge in [0, 0.05) is 18.7 Å². The molecule has 0 bridgehead atoms. The van der Waals surface area contributed by atoms with Crippen molar-refractivity contribution in [3.63, 3.8) is 0 Å². The van der Waals surface area contributed by atoms with Gasteiger partial charge in [-0.3, -0.25) is 13.9 Å². The van der Waals surface area contributed by atoms with Gasteiger partial charge in [0.1, 0.15) is 18.4 Å². The Morgan fingerprint density at radius 3 is 2.41 bits per heavy atom. The van der Waals surface area contributed by atoms with Crippen molar-refractivity contribution in [3.8, 4) is 0 Å². The van der Waals surface area contributed by atoms with E-state index in [-0.39, 0.29) is 12.1 Å². The summed E-state index contributed by atoms with van der Waals surface area (Å²) < 4.78 is 40.2. The number of rotatable bonds is 10. The van der Waals surface area contributed by atoms with Crippen LogP contribution in [0.4, 0.5) is 10.1 Å². The van der Waals surface area contributed by atoms with E-state index in [0.29, 0.717) is 12.2 Å². The lowest BCUT2D eigenvalue weighted by molar-refractivity contribution is -0.139. The van der Waals surface area contributed by atoms with Gasteiger partial charge in [-0.2, -0.15) is 0 Å². The quantitative estimate of drug-likeness (QED) is 0.587. The Morgan fingerprint density at radius 1 is 1.12 bits per heavy atom. The number of nitrogens with one attached hydrogen (secondary N) is 1. The molecule has 2 aromatic carbocycles. The van der Waals surface area contributed by atoms with Crippen LogP contribution in [0.3, 0.4) is 0 Å². The summed E-state index contributed by atoms with van der Waals surface area (Å²) in [4.78, 5) is 27.1. The SMILES string of the molecule is CCCNC(=O)[C@H](C)N(Cc1ccccc1F)C(=O)CN(c1cccc(C)c1)S(C)(=O)=O. The van der Waals surface area contributed by atoms with Gasteiger partial charge in [0.05, 0.1) is 11.9 Å². The van der Waals surface area contributed by atoms with E-state index in [2.05, 4.69) is 5.32 Å². The molecule has 0 fully saturated rings. The third-order valence-electron chi connectivity index (χ3n) is 4.98. The second-order valence-corrected chi connectivity index (χ2v) is 9.60. The first kappa shape index (κ1) is 25.3. The summed E-state index contributed by atoms with van der Waals surface area (Å²) in [6, 6.07) is 11.8. The van der Waals surface area contributed by atoms with E-state index >= 15 is 0 Å². The Hall–Kier alpha value is -2.94. The van der Waals surface area contributed by atoms with Crippen LogP contribution in [0.1, 0.15) is 31.4 Å². The van der Waals surface area contributed by atoms with Crippen LogP contribution in [0, 0.1) is 12.7 Å². The summed E-state index contributed by atoms with van der Waals surface area (Å²) in [5.74, 6) is -1.51. The average Bonchev–Trinajstić information content (AvgIpc) is 2.73. The number of hydrogen-bond acceptors (Lipinski definition) is 4. The van der Waals surface area contributed by atoms with Crippen molar-refractivity contribution >= 4 is 27.5 Å². The molecule has 0 radical (unpaired) electrons. The number of halogens is 1. The molecule has 0 spiro atoms. The van der Waals surface area contributed by atoms with Gasteiger partial charge in [-0.15, -0.1) is 0 Å². The van der Waals surface area contributed by atoms with Crippen LogP contribution in [0.15, 0.2) is 48.5 Å². The zero-order valence-corrected chi connectivity index (χ0v) is 19.7. The van der Waals surface area contributed by atoms with Crippen LogP contribution < -0.4 is 9.62 Å². The van der Waals surface area contributed by atoms with E-state index in [1.807, 2.05) is 19.9 Å². The number of anilines is 1. The Bertz CT molecular complexity index is 1060. The standard InChI is InChI=1S/C23H30FN3O4S/c1-5-13-25-23(29)18(3)26(15-19-10-6-7-12-21(19)24)22(28)16-27(32(4,30)31)20-11-8-9-17(2)14-20/h6-12,14,18H,5,13,15-16H2,1-4H3,(H,25,29)/t18-/m0/s1. The first-order chi connectivity index (χ1) is 15.0. The molecule has 2 aromatic rings. The maximum atomic E-state index is 14.3. The molecular formula is C23H30FN3O4S. The highest BCUT2D eigenvalue weighted by atomic mass is 32.2. The lowest BCUT2D eigenvalue weighted by atomic mass is 10.1. The minimum absolute atomic E-state index is 0.169. The summed E-state index contributed by atoms with van der Waals surface area (Å²) in [5, 5.41) is 2.73. The second-order valence-electron chi connectivity index (χ2n) is 7.69. The Morgan fingerprint density at radius 2 is 1.81 bits per heavy atom. The summed E-state index contributed by atoms with van der Waals surface area (Å²) in [6.45, 7) is 5.01. The summed E-state index contributed by atoms with van der Waals surface area (Å²) in [5.41, 5.74) is 1.41. The van der Waals surface area contributed by atoms with Crippen molar-refractivity contribution in [1.82, 2.24) is 10.2 Å². The average molecular weight is 464 g/mol. The fourth-order valence-corrected chi connectivity index (χ4v) is 4.03. The zero-order chi connectivity index (χ0) is 23.9. The number of sulfonamides is 1. The molecule has 0 aliphatic carbocycles. The Labute approximate surface area is 189 Å². The number of carbonyl (C=O) groups is 2. The third kappa shape index (κ3) is 6.78. The summed E-state index contributed by atoms with van der Waals surface area (Å²) in [7, 11) is -3.79. The van der Waals surface area contributed by atoms with E-state index < -0.39 is 40.2 Å². The van der Waals surface area contributed by atoms with Crippen molar-refractivity contribution in [3.05, 3.63) is 65.5 Å². The molecule has 2 amide bonds. The molecule has 2 rings (SSSR count). The predicted octanol–water partition coefficient (Wildman–Crippen LogP) is 2.84. The topological polar surface area (TPSA) is 86.8 Å². The van der Waals surface area contributed by atoms with E-state index in [1.165, 1.54) is 23.1 Å². The molecule has 0 aliphatic rings. The van der Waals surface area contributed by atoms with Gasteiger partial charge in [0.2, 0.25) is 21.8 Å². The van der Waals surface area contributed by atoms with E-state index in [9.17, 15) is 22.4 Å². The number of hydrogen-bond donors (Lipinski definition) is 1. The molecule has 9 heteroatoms. The van der Waals surface area contributed by atoms with Crippen molar-refractivity contribution in [1.29, 1.82) is 0 Å². The molecule has 7 nitrogen and oxygen atoms in total. The molecule has 0 saturated carbocycles. The number of nitrogens with zero attached hydrogens (tertiary/aromatic N) is 2. The fourth-order valence-electron chi connectivity index (χ4n) is 3.19. The number of aryl methyl sites for hydroxylation is 1. The predicted molar refractivity (Wildman–Crippen MR) is 123 cm³/mol. The van der Waals surface area contributed by atoms with E-state index in [4.69, 9.17) is 0 Å². The van der Waals surface area contributed by atoms with Gasteiger partial charge in [-0.25, -0.2) is 12.8 Å². The van der Waals surface area contributed by atoms with Crippen LogP contribution in [-0.2, 0) is 26.2 Å². The zero-order valence-electron chi connectivity index (χ0n) is 18.8. The smallest absolute Gasteiger partial charge is 0.244 e. The number of carbonyl (C=O) groups excluding carboxylic acids is 2. The van der Waals surface area contributed by atoms with E-state index in [1.54, 1.807) is 31.2 Å². The number of amides is 2.